The monoisotopic (exact) mass is 447 g/mol. The highest BCUT2D eigenvalue weighted by Crippen LogP contribution is 2.30. The lowest BCUT2D eigenvalue weighted by atomic mass is 10.0. The van der Waals surface area contributed by atoms with Crippen molar-refractivity contribution in [3.63, 3.8) is 0 Å². The Morgan fingerprint density at radius 2 is 1.86 bits per heavy atom. The van der Waals surface area contributed by atoms with E-state index in [9.17, 15) is 4.79 Å². The first-order chi connectivity index (χ1) is 10.5. The third-order valence-electron chi connectivity index (χ3n) is 3.49. The fraction of sp³-hybridized carbons (Fsp3) is 0.235. The zero-order valence-corrected chi connectivity index (χ0v) is 16.0. The Balaban J connectivity index is 2.41. The van der Waals surface area contributed by atoms with Gasteiger partial charge >= 0.3 is 0 Å². The van der Waals surface area contributed by atoms with Crippen LogP contribution in [0.1, 0.15) is 35.3 Å². The maximum Gasteiger partial charge on any atom is 0.256 e. The van der Waals surface area contributed by atoms with Gasteiger partial charge in [-0.1, -0.05) is 43.1 Å². The molecule has 0 bridgehead atoms. The second-order valence-corrected chi connectivity index (χ2v) is 6.85. The number of anilines is 1. The van der Waals surface area contributed by atoms with Crippen LogP contribution < -0.4 is 5.32 Å². The van der Waals surface area contributed by atoms with Crippen molar-refractivity contribution in [3.8, 4) is 0 Å². The molecule has 0 heterocycles. The first-order valence-electron chi connectivity index (χ1n) is 7.04. The van der Waals surface area contributed by atoms with E-state index in [1.807, 2.05) is 19.1 Å². The van der Waals surface area contributed by atoms with E-state index in [2.05, 4.69) is 34.8 Å². The number of nitrogens with one attached hydrogen (secondary N) is 1. The Hall–Kier alpha value is -0.780. The number of hydrogen-bond donors (Lipinski definition) is 1. The average Bonchev–Trinajstić information content (AvgIpc) is 2.47. The summed E-state index contributed by atoms with van der Waals surface area (Å²) >= 11 is 14.3. The average molecular weight is 448 g/mol. The predicted molar refractivity (Wildman–Crippen MR) is 102 cm³/mol. The highest BCUT2D eigenvalue weighted by Gasteiger charge is 2.16. The minimum Gasteiger partial charge on any atom is -0.321 e. The molecular formula is C17H16Cl2INO. The molecule has 5 heteroatoms. The van der Waals surface area contributed by atoms with Gasteiger partial charge in [0.2, 0.25) is 0 Å². The molecule has 0 saturated heterocycles. The van der Waals surface area contributed by atoms with Gasteiger partial charge < -0.3 is 5.32 Å². The Kier molecular flexibility index (Phi) is 6.12. The van der Waals surface area contributed by atoms with E-state index in [-0.39, 0.29) is 5.91 Å². The number of carbonyl (C=O) groups is 1. The van der Waals surface area contributed by atoms with Crippen molar-refractivity contribution >= 4 is 57.4 Å². The van der Waals surface area contributed by atoms with E-state index in [0.29, 0.717) is 15.6 Å². The van der Waals surface area contributed by atoms with Crippen molar-refractivity contribution in [2.45, 2.75) is 26.7 Å². The molecule has 0 spiro atoms. The van der Waals surface area contributed by atoms with Crippen LogP contribution in [-0.4, -0.2) is 5.91 Å². The molecule has 1 N–H and O–H groups in total. The summed E-state index contributed by atoms with van der Waals surface area (Å²) in [5.41, 5.74) is 3.49. The molecule has 0 atom stereocenters. The molecule has 116 valence electrons. The molecule has 0 unspecified atom stereocenters. The topological polar surface area (TPSA) is 29.1 Å². The summed E-state index contributed by atoms with van der Waals surface area (Å²) in [4.78, 5) is 12.6. The molecule has 0 aliphatic rings. The fourth-order valence-electron chi connectivity index (χ4n) is 2.32. The molecule has 2 aromatic carbocycles. The number of hydrogen-bond acceptors (Lipinski definition) is 1. The summed E-state index contributed by atoms with van der Waals surface area (Å²) in [6.07, 6.45) is 1.59. The second-order valence-electron chi connectivity index (χ2n) is 4.85. The van der Waals surface area contributed by atoms with E-state index in [1.165, 1.54) is 0 Å². The van der Waals surface area contributed by atoms with Crippen LogP contribution in [0.5, 0.6) is 0 Å². The molecule has 0 aliphatic carbocycles. The summed E-state index contributed by atoms with van der Waals surface area (Å²) in [5.74, 6) is -0.146. The zero-order chi connectivity index (χ0) is 16.3. The van der Waals surface area contributed by atoms with Gasteiger partial charge in [0.1, 0.15) is 0 Å². The van der Waals surface area contributed by atoms with Crippen LogP contribution in [0.4, 0.5) is 5.69 Å². The van der Waals surface area contributed by atoms with Crippen molar-refractivity contribution < 1.29 is 4.79 Å². The largest absolute Gasteiger partial charge is 0.321 e. The molecule has 2 aromatic rings. The fourth-order valence-corrected chi connectivity index (χ4v) is 3.73. The summed E-state index contributed by atoms with van der Waals surface area (Å²) in [6.45, 7) is 4.09. The Bertz CT molecular complexity index is 716. The Morgan fingerprint density at radius 1 is 1.14 bits per heavy atom. The van der Waals surface area contributed by atoms with Gasteiger partial charge in [-0.25, -0.2) is 0 Å². The summed E-state index contributed by atoms with van der Waals surface area (Å²) < 4.78 is 0.820. The molecule has 0 aromatic heterocycles. The summed E-state index contributed by atoms with van der Waals surface area (Å²) in [5, 5.41) is 4.33. The first-order valence-corrected chi connectivity index (χ1v) is 8.88. The number of halogens is 3. The van der Waals surface area contributed by atoms with Gasteiger partial charge in [-0.2, -0.15) is 0 Å². The van der Waals surface area contributed by atoms with Gasteiger partial charge in [-0.05, 0) is 70.8 Å². The molecule has 0 saturated carbocycles. The van der Waals surface area contributed by atoms with Gasteiger partial charge in [0.15, 0.2) is 0 Å². The van der Waals surface area contributed by atoms with E-state index < -0.39 is 0 Å². The van der Waals surface area contributed by atoms with Crippen molar-refractivity contribution in [1.82, 2.24) is 0 Å². The lowest BCUT2D eigenvalue weighted by molar-refractivity contribution is 0.102. The van der Waals surface area contributed by atoms with Gasteiger partial charge in [0.05, 0.1) is 5.56 Å². The van der Waals surface area contributed by atoms with E-state index in [0.717, 1.165) is 33.2 Å². The van der Waals surface area contributed by atoms with Gasteiger partial charge in [0.25, 0.3) is 5.91 Å². The van der Waals surface area contributed by atoms with E-state index in [4.69, 9.17) is 23.2 Å². The normalized spacial score (nSPS) is 10.6. The second kappa shape index (κ2) is 7.66. The van der Waals surface area contributed by atoms with Crippen LogP contribution >= 0.6 is 45.8 Å². The predicted octanol–water partition coefficient (Wildman–Crippen LogP) is 5.98. The zero-order valence-electron chi connectivity index (χ0n) is 12.3. The molecule has 2 rings (SSSR count). The standard InChI is InChI=1S/C17H16Cl2INO/c1-3-10-5-8-14(19)12(4-2)16(10)21-17(22)13-7-6-11(18)9-15(13)20/h5-9H,3-4H2,1-2H3,(H,21,22). The van der Waals surface area contributed by atoms with Crippen LogP contribution in [-0.2, 0) is 12.8 Å². The Labute approximate surface area is 154 Å². The highest BCUT2D eigenvalue weighted by atomic mass is 127. The van der Waals surface area contributed by atoms with Gasteiger partial charge in [-0.3, -0.25) is 4.79 Å². The maximum absolute atomic E-state index is 12.6. The van der Waals surface area contributed by atoms with Crippen molar-refractivity contribution in [3.05, 3.63) is 60.6 Å². The third kappa shape index (κ3) is 3.76. The first kappa shape index (κ1) is 17.6. The van der Waals surface area contributed by atoms with Gasteiger partial charge in [0, 0.05) is 19.3 Å². The SMILES string of the molecule is CCc1ccc(Cl)c(CC)c1NC(=O)c1ccc(Cl)cc1I. The molecule has 0 radical (unpaired) electrons. The van der Waals surface area contributed by atoms with Crippen LogP contribution in [0.2, 0.25) is 10.0 Å². The Morgan fingerprint density at radius 3 is 2.45 bits per heavy atom. The molecule has 0 aliphatic heterocycles. The van der Waals surface area contributed by atoms with E-state index >= 15 is 0 Å². The van der Waals surface area contributed by atoms with Crippen LogP contribution in [0.3, 0.4) is 0 Å². The minimum absolute atomic E-state index is 0.146. The summed E-state index contributed by atoms with van der Waals surface area (Å²) in [7, 11) is 0. The van der Waals surface area contributed by atoms with Crippen molar-refractivity contribution in [1.29, 1.82) is 0 Å². The molecule has 2 nitrogen and oxygen atoms in total. The van der Waals surface area contributed by atoms with E-state index in [1.54, 1.807) is 18.2 Å². The number of carbonyl (C=O) groups excluding carboxylic acids is 1. The smallest absolute Gasteiger partial charge is 0.256 e. The molecular weight excluding hydrogens is 432 g/mol. The number of benzene rings is 2. The molecule has 1 amide bonds. The minimum atomic E-state index is -0.146. The van der Waals surface area contributed by atoms with Crippen molar-refractivity contribution in [2.24, 2.45) is 0 Å². The lowest BCUT2D eigenvalue weighted by Gasteiger charge is -2.16. The highest BCUT2D eigenvalue weighted by molar-refractivity contribution is 14.1. The number of rotatable bonds is 4. The number of amides is 1. The maximum atomic E-state index is 12.6. The lowest BCUT2D eigenvalue weighted by Crippen LogP contribution is -2.16. The van der Waals surface area contributed by atoms with Crippen molar-refractivity contribution in [2.75, 3.05) is 5.32 Å². The quantitative estimate of drug-likeness (QED) is 0.574. The third-order valence-corrected chi connectivity index (χ3v) is 4.97. The van der Waals surface area contributed by atoms with Crippen LogP contribution in [0.15, 0.2) is 30.3 Å². The van der Waals surface area contributed by atoms with Crippen LogP contribution in [0, 0.1) is 3.57 Å². The molecule has 0 fully saturated rings. The molecule has 22 heavy (non-hydrogen) atoms. The van der Waals surface area contributed by atoms with Crippen LogP contribution in [0.25, 0.3) is 0 Å². The summed E-state index contributed by atoms with van der Waals surface area (Å²) in [6, 6.07) is 9.08. The number of aryl methyl sites for hydroxylation is 1. The van der Waals surface area contributed by atoms with Gasteiger partial charge in [-0.15, -0.1) is 0 Å².